The zero-order valence-electron chi connectivity index (χ0n) is 11.5. The third-order valence-electron chi connectivity index (χ3n) is 3.67. The number of rotatable bonds is 5. The molecule has 20 heavy (non-hydrogen) atoms. The topological polar surface area (TPSA) is 84.2 Å². The molecule has 0 radical (unpaired) electrons. The van der Waals surface area contributed by atoms with E-state index in [4.69, 9.17) is 5.11 Å². The fourth-order valence-electron chi connectivity index (χ4n) is 2.60. The maximum Gasteiger partial charge on any atom is 0.306 e. The van der Waals surface area contributed by atoms with Gasteiger partial charge in [0.2, 0.25) is 5.91 Å². The van der Waals surface area contributed by atoms with Crippen LogP contribution < -0.4 is 5.32 Å². The number of hydrogen-bond acceptors (Lipinski definition) is 3. The molecule has 2 N–H and O–H groups in total. The predicted molar refractivity (Wildman–Crippen MR) is 73.7 cm³/mol. The molecule has 1 aromatic heterocycles. The normalized spacial score (nSPS) is 22.2. The number of aryl methyl sites for hydroxylation is 1. The van der Waals surface area contributed by atoms with Gasteiger partial charge in [-0.15, -0.1) is 0 Å². The van der Waals surface area contributed by atoms with E-state index in [1.165, 1.54) is 6.08 Å². The Morgan fingerprint density at radius 3 is 3.00 bits per heavy atom. The van der Waals surface area contributed by atoms with Crippen molar-refractivity contribution in [1.82, 2.24) is 15.1 Å². The molecule has 0 aliphatic heterocycles. The van der Waals surface area contributed by atoms with Gasteiger partial charge in [-0.3, -0.25) is 14.3 Å². The van der Waals surface area contributed by atoms with E-state index in [-0.39, 0.29) is 17.7 Å². The highest BCUT2D eigenvalue weighted by molar-refractivity contribution is 5.91. The van der Waals surface area contributed by atoms with Gasteiger partial charge in [-0.05, 0) is 24.8 Å². The Bertz CT molecular complexity index is 521. The summed E-state index contributed by atoms with van der Waals surface area (Å²) in [5.41, 5.74) is 0.854. The third-order valence-corrected chi connectivity index (χ3v) is 3.67. The largest absolute Gasteiger partial charge is 0.481 e. The minimum atomic E-state index is -0.757. The van der Waals surface area contributed by atoms with Crippen LogP contribution in [-0.4, -0.2) is 33.3 Å². The molecule has 1 heterocycles. The highest BCUT2D eigenvalue weighted by atomic mass is 16.4. The van der Waals surface area contributed by atoms with Gasteiger partial charge in [-0.25, -0.2) is 0 Å². The molecule has 0 bridgehead atoms. The lowest BCUT2D eigenvalue weighted by Gasteiger charge is -2.15. The lowest BCUT2D eigenvalue weighted by molar-refractivity contribution is -0.143. The number of hydrogen-bond donors (Lipinski definition) is 2. The molecule has 0 aromatic carbocycles. The molecule has 1 aliphatic rings. The summed E-state index contributed by atoms with van der Waals surface area (Å²) in [6.45, 7) is 0.424. The number of carbonyl (C=O) groups is 2. The van der Waals surface area contributed by atoms with Crippen LogP contribution in [0.5, 0.6) is 0 Å². The second kappa shape index (κ2) is 6.36. The first-order valence-electron chi connectivity index (χ1n) is 6.73. The van der Waals surface area contributed by atoms with Gasteiger partial charge in [0.25, 0.3) is 0 Å². The zero-order chi connectivity index (χ0) is 14.5. The lowest BCUT2D eigenvalue weighted by Crippen LogP contribution is -2.32. The van der Waals surface area contributed by atoms with Gasteiger partial charge in [-0.1, -0.05) is 6.42 Å². The molecule has 1 saturated carbocycles. The lowest BCUT2D eigenvalue weighted by atomic mass is 9.96. The van der Waals surface area contributed by atoms with Crippen molar-refractivity contribution < 1.29 is 14.7 Å². The van der Waals surface area contributed by atoms with Crippen molar-refractivity contribution in [3.05, 3.63) is 24.0 Å². The Morgan fingerprint density at radius 1 is 1.55 bits per heavy atom. The second-order valence-corrected chi connectivity index (χ2v) is 5.16. The molecule has 1 amide bonds. The number of carbonyl (C=O) groups excluding carboxylic acids is 1. The van der Waals surface area contributed by atoms with Crippen molar-refractivity contribution in [3.8, 4) is 0 Å². The number of amides is 1. The van der Waals surface area contributed by atoms with Gasteiger partial charge in [-0.2, -0.15) is 5.10 Å². The fourth-order valence-corrected chi connectivity index (χ4v) is 2.60. The molecule has 0 saturated heterocycles. The Balaban J connectivity index is 1.80. The monoisotopic (exact) mass is 277 g/mol. The van der Waals surface area contributed by atoms with E-state index in [9.17, 15) is 9.59 Å². The Hall–Kier alpha value is -2.11. The molecule has 1 fully saturated rings. The number of aromatic nitrogens is 2. The van der Waals surface area contributed by atoms with Crippen LogP contribution in [0, 0.1) is 11.8 Å². The van der Waals surface area contributed by atoms with E-state index in [0.717, 1.165) is 18.4 Å². The van der Waals surface area contributed by atoms with E-state index in [0.29, 0.717) is 13.0 Å². The van der Waals surface area contributed by atoms with Crippen LogP contribution >= 0.6 is 0 Å². The van der Waals surface area contributed by atoms with Crippen LogP contribution in [0.3, 0.4) is 0 Å². The molecule has 108 valence electrons. The fraction of sp³-hybridized carbons (Fsp3) is 0.500. The summed E-state index contributed by atoms with van der Waals surface area (Å²) in [4.78, 5) is 22.7. The Morgan fingerprint density at radius 2 is 2.35 bits per heavy atom. The highest BCUT2D eigenvalue weighted by Gasteiger charge is 2.32. The second-order valence-electron chi connectivity index (χ2n) is 5.16. The van der Waals surface area contributed by atoms with Crippen molar-refractivity contribution in [2.75, 3.05) is 6.54 Å². The average Bonchev–Trinajstić information content (AvgIpc) is 3.02. The quantitative estimate of drug-likeness (QED) is 0.788. The van der Waals surface area contributed by atoms with Gasteiger partial charge in [0, 0.05) is 31.4 Å². The Labute approximate surface area is 117 Å². The number of carboxylic acid groups (broad SMARTS) is 1. The summed E-state index contributed by atoms with van der Waals surface area (Å²) in [7, 11) is 1.81. The molecule has 6 heteroatoms. The van der Waals surface area contributed by atoms with Crippen molar-refractivity contribution in [2.45, 2.75) is 19.3 Å². The van der Waals surface area contributed by atoms with Crippen LogP contribution in [0.4, 0.5) is 0 Å². The van der Waals surface area contributed by atoms with E-state index in [1.807, 2.05) is 7.05 Å². The van der Waals surface area contributed by atoms with Gasteiger partial charge in [0.05, 0.1) is 12.1 Å². The van der Waals surface area contributed by atoms with Crippen molar-refractivity contribution >= 4 is 18.0 Å². The molecule has 1 aliphatic carbocycles. The maximum atomic E-state index is 11.7. The van der Waals surface area contributed by atoms with Crippen LogP contribution in [-0.2, 0) is 16.6 Å². The third kappa shape index (κ3) is 3.69. The molecule has 1 aromatic rings. The van der Waals surface area contributed by atoms with E-state index in [2.05, 4.69) is 10.4 Å². The number of aliphatic carboxylic acids is 1. The minimum absolute atomic E-state index is 0.0447. The van der Waals surface area contributed by atoms with Crippen LogP contribution in [0.2, 0.25) is 0 Å². The summed E-state index contributed by atoms with van der Waals surface area (Å²) in [6, 6.07) is 0. The number of nitrogens with zero attached hydrogens (tertiary/aromatic N) is 2. The average molecular weight is 277 g/mol. The molecule has 2 unspecified atom stereocenters. The smallest absolute Gasteiger partial charge is 0.306 e. The standard InChI is InChI=1S/C14H19N3O3/c1-17-9-10(7-16-17)5-6-13(18)15-8-11-3-2-4-12(11)14(19)20/h5-7,9,11-12H,2-4,8H2,1H3,(H,15,18)(H,19,20). The molecule has 2 rings (SSSR count). The van der Waals surface area contributed by atoms with Gasteiger partial charge < -0.3 is 10.4 Å². The SMILES string of the molecule is Cn1cc(C=CC(=O)NCC2CCCC2C(=O)O)cn1. The zero-order valence-corrected chi connectivity index (χ0v) is 11.5. The predicted octanol–water partition coefficient (Wildman–Crippen LogP) is 1.05. The summed E-state index contributed by atoms with van der Waals surface area (Å²) in [5.74, 6) is -1.24. The van der Waals surface area contributed by atoms with Crippen molar-refractivity contribution in [2.24, 2.45) is 18.9 Å². The first kappa shape index (κ1) is 14.3. The van der Waals surface area contributed by atoms with Crippen LogP contribution in [0.15, 0.2) is 18.5 Å². The maximum absolute atomic E-state index is 11.7. The van der Waals surface area contributed by atoms with Gasteiger partial charge in [0.1, 0.15) is 0 Å². The summed E-state index contributed by atoms with van der Waals surface area (Å²) in [6.07, 6.45) is 9.10. The first-order valence-corrected chi connectivity index (χ1v) is 6.73. The summed E-state index contributed by atoms with van der Waals surface area (Å²) in [5, 5.41) is 15.8. The first-order chi connectivity index (χ1) is 9.56. The molecule has 2 atom stereocenters. The van der Waals surface area contributed by atoms with Gasteiger partial charge >= 0.3 is 5.97 Å². The molecular formula is C14H19N3O3. The van der Waals surface area contributed by atoms with E-state index in [1.54, 1.807) is 23.2 Å². The van der Waals surface area contributed by atoms with E-state index >= 15 is 0 Å². The summed E-state index contributed by atoms with van der Waals surface area (Å²) >= 11 is 0. The molecule has 6 nitrogen and oxygen atoms in total. The van der Waals surface area contributed by atoms with Crippen LogP contribution in [0.25, 0.3) is 6.08 Å². The van der Waals surface area contributed by atoms with Crippen LogP contribution in [0.1, 0.15) is 24.8 Å². The molecular weight excluding hydrogens is 258 g/mol. The van der Waals surface area contributed by atoms with E-state index < -0.39 is 5.97 Å². The van der Waals surface area contributed by atoms with Crippen molar-refractivity contribution in [1.29, 1.82) is 0 Å². The number of carboxylic acids is 1. The number of nitrogens with one attached hydrogen (secondary N) is 1. The molecule has 0 spiro atoms. The summed E-state index contributed by atoms with van der Waals surface area (Å²) < 4.78 is 1.66. The Kier molecular flexibility index (Phi) is 4.55. The van der Waals surface area contributed by atoms with Gasteiger partial charge in [0.15, 0.2) is 0 Å². The van der Waals surface area contributed by atoms with Crippen molar-refractivity contribution in [3.63, 3.8) is 0 Å². The minimum Gasteiger partial charge on any atom is -0.481 e. The highest BCUT2D eigenvalue weighted by Crippen LogP contribution is 2.31.